The molecule has 2 nitrogen and oxygen atoms in total. The summed E-state index contributed by atoms with van der Waals surface area (Å²) in [5, 5.41) is 7.42. The van der Waals surface area contributed by atoms with E-state index < -0.39 is 5.97 Å². The van der Waals surface area contributed by atoms with Crippen LogP contribution >= 0.6 is 0 Å². The number of carboxylic acids is 1. The van der Waals surface area contributed by atoms with E-state index in [0.29, 0.717) is 15.8 Å². The maximum atomic E-state index is 9.00. The van der Waals surface area contributed by atoms with Crippen LogP contribution in [0.1, 0.15) is 6.92 Å². The third-order valence-electron chi connectivity index (χ3n) is 0. The summed E-state index contributed by atoms with van der Waals surface area (Å²) in [5.74, 6) is -0.833. The van der Waals surface area contributed by atoms with Gasteiger partial charge in [-0.15, -0.1) is 0 Å². The molecule has 44 valence electrons. The Morgan fingerprint density at radius 2 is 1.57 bits per heavy atom. The van der Waals surface area contributed by atoms with Gasteiger partial charge in [0.2, 0.25) is 0 Å². The second kappa shape index (κ2) is 9.39. The van der Waals surface area contributed by atoms with Crippen molar-refractivity contribution in [2.75, 3.05) is 0 Å². The predicted molar refractivity (Wildman–Crippen MR) is 32.2 cm³/mol. The standard InChI is InChI=1S/C2H7As.C2H4O2/c1-3-2;1-2(3)4/h3H,1-2H3;1H3,(H,3,4). The molecule has 0 atom stereocenters. The summed E-state index contributed by atoms with van der Waals surface area (Å²) in [4.78, 5) is 9.00. The minimum atomic E-state index is -0.833. The zero-order valence-electron chi connectivity index (χ0n) is 4.86. The van der Waals surface area contributed by atoms with Crippen LogP contribution in [0.15, 0.2) is 0 Å². The molecule has 0 aliphatic rings. The van der Waals surface area contributed by atoms with Gasteiger partial charge in [0.15, 0.2) is 0 Å². The summed E-state index contributed by atoms with van der Waals surface area (Å²) in [7, 11) is 0. The van der Waals surface area contributed by atoms with Gasteiger partial charge in [-0.1, -0.05) is 0 Å². The van der Waals surface area contributed by atoms with Gasteiger partial charge in [-0.2, -0.15) is 0 Å². The second-order valence-electron chi connectivity index (χ2n) is 1.02. The van der Waals surface area contributed by atoms with Crippen molar-refractivity contribution in [1.82, 2.24) is 0 Å². The predicted octanol–water partition coefficient (Wildman–Crippen LogP) is 0.610. The molecular weight excluding hydrogens is 155 g/mol. The molecule has 0 unspecified atom stereocenters. The molecule has 0 heterocycles. The molecule has 0 amide bonds. The van der Waals surface area contributed by atoms with Gasteiger partial charge in [0.25, 0.3) is 5.97 Å². The van der Waals surface area contributed by atoms with Crippen LogP contribution in [0, 0.1) is 0 Å². The first-order chi connectivity index (χ1) is 3.15. The van der Waals surface area contributed by atoms with Crippen LogP contribution in [0.4, 0.5) is 0 Å². The van der Waals surface area contributed by atoms with Gasteiger partial charge in [0.05, 0.1) is 0 Å². The quantitative estimate of drug-likeness (QED) is 0.535. The van der Waals surface area contributed by atoms with E-state index in [2.05, 4.69) is 11.4 Å². The summed E-state index contributed by atoms with van der Waals surface area (Å²) in [5.41, 5.74) is 4.50. The number of hydrogen-bond acceptors (Lipinski definition) is 1. The van der Waals surface area contributed by atoms with Crippen molar-refractivity contribution in [3.05, 3.63) is 0 Å². The van der Waals surface area contributed by atoms with Gasteiger partial charge in [-0.3, -0.25) is 4.79 Å². The molecule has 1 N–H and O–H groups in total. The minimum absolute atomic E-state index is 0.500. The number of carbonyl (C=O) groups is 1. The van der Waals surface area contributed by atoms with Crippen molar-refractivity contribution in [2.45, 2.75) is 18.3 Å². The van der Waals surface area contributed by atoms with Crippen molar-refractivity contribution in [1.29, 1.82) is 0 Å². The van der Waals surface area contributed by atoms with E-state index in [9.17, 15) is 0 Å². The number of hydrogen-bond donors (Lipinski definition) is 1. The van der Waals surface area contributed by atoms with Crippen LogP contribution in [-0.2, 0) is 4.79 Å². The van der Waals surface area contributed by atoms with Gasteiger partial charge >= 0.3 is 27.2 Å². The molecule has 0 rings (SSSR count). The summed E-state index contributed by atoms with van der Waals surface area (Å²) < 4.78 is 0. The van der Waals surface area contributed by atoms with Crippen molar-refractivity contribution >= 4 is 21.7 Å². The zero-order chi connectivity index (χ0) is 6.28. The van der Waals surface area contributed by atoms with E-state index in [1.807, 2.05) is 0 Å². The zero-order valence-corrected chi connectivity index (χ0v) is 6.95. The fourth-order valence-electron chi connectivity index (χ4n) is 0. The van der Waals surface area contributed by atoms with Gasteiger partial charge in [-0.25, -0.2) is 0 Å². The SMILES string of the molecule is CC(=O)O.C[AsH]C. The molecular formula is C4H11AsO2. The van der Waals surface area contributed by atoms with Crippen LogP contribution in [0.2, 0.25) is 11.4 Å². The molecule has 0 radical (unpaired) electrons. The fourth-order valence-corrected chi connectivity index (χ4v) is 0. The Kier molecular flexibility index (Phi) is 13.6. The molecule has 0 saturated heterocycles. The first-order valence-corrected chi connectivity index (χ1v) is 6.12. The summed E-state index contributed by atoms with van der Waals surface area (Å²) >= 11 is 0.500. The van der Waals surface area contributed by atoms with E-state index in [0.717, 1.165) is 6.92 Å². The van der Waals surface area contributed by atoms with Crippen molar-refractivity contribution in [2.24, 2.45) is 0 Å². The first kappa shape index (κ1) is 10.1. The summed E-state index contributed by atoms with van der Waals surface area (Å²) in [6.07, 6.45) is 0. The van der Waals surface area contributed by atoms with Gasteiger partial charge in [0, 0.05) is 6.92 Å². The topological polar surface area (TPSA) is 37.3 Å². The van der Waals surface area contributed by atoms with Gasteiger partial charge < -0.3 is 5.11 Å². The molecule has 3 heteroatoms. The third-order valence-corrected chi connectivity index (χ3v) is 0. The van der Waals surface area contributed by atoms with E-state index in [1.54, 1.807) is 0 Å². The van der Waals surface area contributed by atoms with Crippen molar-refractivity contribution in [3.63, 3.8) is 0 Å². The fraction of sp³-hybridized carbons (Fsp3) is 0.750. The first-order valence-electron chi connectivity index (χ1n) is 1.93. The number of rotatable bonds is 0. The van der Waals surface area contributed by atoms with Crippen molar-refractivity contribution in [3.8, 4) is 0 Å². The van der Waals surface area contributed by atoms with Crippen LogP contribution < -0.4 is 0 Å². The van der Waals surface area contributed by atoms with E-state index in [1.165, 1.54) is 0 Å². The molecule has 0 saturated carbocycles. The second-order valence-corrected chi connectivity index (χ2v) is 3.12. The number of carboxylic acid groups (broad SMARTS) is 1. The molecule has 7 heavy (non-hydrogen) atoms. The van der Waals surface area contributed by atoms with E-state index in [-0.39, 0.29) is 0 Å². The molecule has 0 fully saturated rings. The molecule has 0 bridgehead atoms. The Labute approximate surface area is 50.6 Å². The van der Waals surface area contributed by atoms with Crippen LogP contribution in [-0.4, -0.2) is 26.8 Å². The number of aliphatic carboxylic acids is 1. The Balaban J connectivity index is 0. The average molecular weight is 166 g/mol. The van der Waals surface area contributed by atoms with Crippen LogP contribution in [0.3, 0.4) is 0 Å². The van der Waals surface area contributed by atoms with E-state index >= 15 is 0 Å². The molecule has 0 aromatic rings. The van der Waals surface area contributed by atoms with Crippen molar-refractivity contribution < 1.29 is 9.90 Å². The normalized spacial score (nSPS) is 6.14. The van der Waals surface area contributed by atoms with E-state index in [4.69, 9.17) is 9.90 Å². The molecule has 0 aliphatic heterocycles. The molecule has 0 aliphatic carbocycles. The van der Waals surface area contributed by atoms with Gasteiger partial charge in [-0.05, 0) is 0 Å². The Morgan fingerprint density at radius 3 is 1.57 bits per heavy atom. The monoisotopic (exact) mass is 166 g/mol. The summed E-state index contributed by atoms with van der Waals surface area (Å²) in [6, 6.07) is 0. The molecule has 0 spiro atoms. The summed E-state index contributed by atoms with van der Waals surface area (Å²) in [6.45, 7) is 1.08. The third kappa shape index (κ3) is 121000. The maximum absolute atomic E-state index is 9.00. The van der Waals surface area contributed by atoms with Crippen LogP contribution in [0.25, 0.3) is 0 Å². The Hall–Kier alpha value is 0.0284. The molecule has 0 aromatic heterocycles. The molecule has 0 aromatic carbocycles. The van der Waals surface area contributed by atoms with Gasteiger partial charge in [0.1, 0.15) is 0 Å². The average Bonchev–Trinajstić information content (AvgIpc) is 1.33. The Morgan fingerprint density at radius 1 is 1.57 bits per heavy atom. The van der Waals surface area contributed by atoms with Crippen LogP contribution in [0.5, 0.6) is 0 Å². The Bertz CT molecular complexity index is 41.0.